The van der Waals surface area contributed by atoms with Gasteiger partial charge in [-0.2, -0.15) is 0 Å². The fourth-order valence-corrected chi connectivity index (χ4v) is 3.25. The first-order chi connectivity index (χ1) is 12.4. The van der Waals surface area contributed by atoms with E-state index >= 15 is 0 Å². The molecule has 6 nitrogen and oxygen atoms in total. The van der Waals surface area contributed by atoms with Crippen molar-refractivity contribution in [2.45, 2.75) is 13.0 Å². The van der Waals surface area contributed by atoms with Gasteiger partial charge >= 0.3 is 5.97 Å². The summed E-state index contributed by atoms with van der Waals surface area (Å²) >= 11 is 17.6. The second-order valence-electron chi connectivity index (χ2n) is 5.70. The minimum absolute atomic E-state index is 0.0451. The van der Waals surface area contributed by atoms with Gasteiger partial charge in [0.15, 0.2) is 17.5 Å². The number of aromatic nitrogens is 1. The molecule has 1 aliphatic rings. The fraction of sp³-hybridized carbons (Fsp3) is 0.235. The van der Waals surface area contributed by atoms with E-state index in [1.165, 1.54) is 5.56 Å². The minimum Gasteiger partial charge on any atom is -0.451 e. The highest BCUT2D eigenvalue weighted by Gasteiger charge is 2.24. The zero-order valence-electron chi connectivity index (χ0n) is 13.5. The van der Waals surface area contributed by atoms with Gasteiger partial charge < -0.3 is 15.4 Å². The van der Waals surface area contributed by atoms with E-state index in [-0.39, 0.29) is 32.5 Å². The molecule has 0 radical (unpaired) electrons. The van der Waals surface area contributed by atoms with Crippen LogP contribution in [-0.2, 0) is 22.5 Å². The number of halogens is 3. The second-order valence-corrected chi connectivity index (χ2v) is 6.82. The molecule has 0 aliphatic carbocycles. The monoisotopic (exact) mass is 413 g/mol. The summed E-state index contributed by atoms with van der Waals surface area (Å²) in [5.41, 5.74) is 7.62. The van der Waals surface area contributed by atoms with E-state index in [2.05, 4.69) is 4.98 Å². The number of hydrogen-bond donors (Lipinski definition) is 1. The van der Waals surface area contributed by atoms with E-state index in [0.717, 1.165) is 12.0 Å². The van der Waals surface area contributed by atoms with E-state index in [0.29, 0.717) is 13.1 Å². The predicted molar refractivity (Wildman–Crippen MR) is 99.5 cm³/mol. The molecule has 1 aromatic heterocycles. The van der Waals surface area contributed by atoms with E-state index in [9.17, 15) is 9.59 Å². The van der Waals surface area contributed by atoms with Crippen LogP contribution in [0.15, 0.2) is 24.3 Å². The molecule has 3 rings (SSSR count). The first-order valence-electron chi connectivity index (χ1n) is 7.70. The van der Waals surface area contributed by atoms with Crippen LogP contribution in [0.3, 0.4) is 0 Å². The first-order valence-corrected chi connectivity index (χ1v) is 8.83. The number of carbonyl (C=O) groups excluding carboxylic acids is 2. The molecule has 2 aromatic rings. The average molecular weight is 415 g/mol. The van der Waals surface area contributed by atoms with Crippen LogP contribution in [0.1, 0.15) is 21.6 Å². The molecular weight excluding hydrogens is 401 g/mol. The Morgan fingerprint density at radius 1 is 1.15 bits per heavy atom. The lowest BCUT2D eigenvalue weighted by molar-refractivity contribution is -0.135. The standard InChI is InChI=1S/C17H14Cl3N3O3/c18-12-14(21)13(19)16(20)22-15(12)17(25)26-8-11(24)23-6-5-9-3-1-2-4-10(9)7-23/h1-4H,5-8H2,(H2,21,22). The third-order valence-corrected chi connectivity index (χ3v) is 5.21. The number of ether oxygens (including phenoxy) is 1. The highest BCUT2D eigenvalue weighted by molar-refractivity contribution is 6.46. The molecule has 0 saturated carbocycles. The van der Waals surface area contributed by atoms with Crippen molar-refractivity contribution in [1.82, 2.24) is 9.88 Å². The zero-order chi connectivity index (χ0) is 18.8. The Kier molecular flexibility index (Phi) is 5.55. The molecule has 1 amide bonds. The van der Waals surface area contributed by atoms with Crippen LogP contribution < -0.4 is 5.73 Å². The highest BCUT2D eigenvalue weighted by Crippen LogP contribution is 2.34. The Hall–Kier alpha value is -2.02. The van der Waals surface area contributed by atoms with Crippen molar-refractivity contribution in [1.29, 1.82) is 0 Å². The number of rotatable bonds is 3. The van der Waals surface area contributed by atoms with Gasteiger partial charge in [0.05, 0.1) is 10.7 Å². The Labute approximate surface area is 164 Å². The normalized spacial score (nSPS) is 13.3. The number of esters is 1. The molecule has 2 heterocycles. The predicted octanol–water partition coefficient (Wildman–Crippen LogP) is 3.37. The van der Waals surface area contributed by atoms with Crippen LogP contribution in [-0.4, -0.2) is 34.9 Å². The van der Waals surface area contributed by atoms with Crippen LogP contribution in [0.2, 0.25) is 15.2 Å². The highest BCUT2D eigenvalue weighted by atomic mass is 35.5. The SMILES string of the molecule is Nc1c(Cl)c(Cl)nc(C(=O)OCC(=O)N2CCc3ccccc3C2)c1Cl. The summed E-state index contributed by atoms with van der Waals surface area (Å²) in [7, 11) is 0. The van der Waals surface area contributed by atoms with Gasteiger partial charge in [-0.05, 0) is 17.5 Å². The lowest BCUT2D eigenvalue weighted by Crippen LogP contribution is -2.38. The number of pyridine rings is 1. The molecule has 2 N–H and O–H groups in total. The Morgan fingerprint density at radius 3 is 2.58 bits per heavy atom. The van der Waals surface area contributed by atoms with Gasteiger partial charge in [-0.15, -0.1) is 0 Å². The van der Waals surface area contributed by atoms with Crippen LogP contribution in [0, 0.1) is 0 Å². The van der Waals surface area contributed by atoms with Gasteiger partial charge in [-0.25, -0.2) is 9.78 Å². The van der Waals surface area contributed by atoms with E-state index in [4.69, 9.17) is 45.3 Å². The average Bonchev–Trinajstić information content (AvgIpc) is 2.66. The molecule has 1 aliphatic heterocycles. The van der Waals surface area contributed by atoms with E-state index in [1.807, 2.05) is 24.3 Å². The Bertz CT molecular complexity index is 889. The number of benzene rings is 1. The van der Waals surface area contributed by atoms with Gasteiger partial charge in [0, 0.05) is 13.1 Å². The third kappa shape index (κ3) is 3.72. The van der Waals surface area contributed by atoms with Gasteiger partial charge in [0.25, 0.3) is 5.91 Å². The van der Waals surface area contributed by atoms with Crippen molar-refractivity contribution < 1.29 is 14.3 Å². The molecular formula is C17H14Cl3N3O3. The maximum atomic E-state index is 12.3. The number of anilines is 1. The topological polar surface area (TPSA) is 85.5 Å². The van der Waals surface area contributed by atoms with E-state index in [1.54, 1.807) is 4.90 Å². The quantitative estimate of drug-likeness (QED) is 0.615. The number of carbonyl (C=O) groups is 2. The largest absolute Gasteiger partial charge is 0.451 e. The van der Waals surface area contributed by atoms with Crippen LogP contribution in [0.4, 0.5) is 5.69 Å². The Morgan fingerprint density at radius 2 is 1.85 bits per heavy atom. The number of nitrogens with zero attached hydrogens (tertiary/aromatic N) is 2. The zero-order valence-corrected chi connectivity index (χ0v) is 15.7. The molecule has 0 fully saturated rings. The smallest absolute Gasteiger partial charge is 0.359 e. The molecule has 26 heavy (non-hydrogen) atoms. The molecule has 0 atom stereocenters. The number of amides is 1. The molecule has 1 aromatic carbocycles. The fourth-order valence-electron chi connectivity index (χ4n) is 2.66. The maximum Gasteiger partial charge on any atom is 0.359 e. The summed E-state index contributed by atoms with van der Waals surface area (Å²) in [6.07, 6.45) is 0.757. The third-order valence-electron chi connectivity index (χ3n) is 4.08. The van der Waals surface area contributed by atoms with Crippen molar-refractivity contribution in [3.8, 4) is 0 Å². The molecule has 0 saturated heterocycles. The van der Waals surface area contributed by atoms with Gasteiger partial charge in [0.1, 0.15) is 5.02 Å². The number of nitrogen functional groups attached to an aromatic ring is 1. The number of hydrogen-bond acceptors (Lipinski definition) is 5. The van der Waals surface area contributed by atoms with Crippen molar-refractivity contribution in [3.05, 3.63) is 56.3 Å². The lowest BCUT2D eigenvalue weighted by atomic mass is 10.00. The van der Waals surface area contributed by atoms with Crippen LogP contribution in [0.25, 0.3) is 0 Å². The molecule has 0 spiro atoms. The van der Waals surface area contributed by atoms with Gasteiger partial charge in [-0.3, -0.25) is 4.79 Å². The van der Waals surface area contributed by atoms with Gasteiger partial charge in [0.2, 0.25) is 0 Å². The number of nitrogens with two attached hydrogens (primary N) is 1. The van der Waals surface area contributed by atoms with Crippen molar-refractivity contribution in [3.63, 3.8) is 0 Å². The second kappa shape index (κ2) is 7.70. The summed E-state index contributed by atoms with van der Waals surface area (Å²) in [6, 6.07) is 7.91. The number of fused-ring (bicyclic) bond motifs is 1. The molecule has 0 bridgehead atoms. The van der Waals surface area contributed by atoms with Crippen LogP contribution >= 0.6 is 34.8 Å². The molecule has 0 unspecified atom stereocenters. The summed E-state index contributed by atoms with van der Waals surface area (Å²) in [6.45, 7) is 0.608. The minimum atomic E-state index is -0.897. The van der Waals surface area contributed by atoms with E-state index < -0.39 is 12.6 Å². The maximum absolute atomic E-state index is 12.3. The van der Waals surface area contributed by atoms with Crippen molar-refractivity contribution >= 4 is 52.4 Å². The van der Waals surface area contributed by atoms with Crippen molar-refractivity contribution in [2.75, 3.05) is 18.9 Å². The van der Waals surface area contributed by atoms with Crippen LogP contribution in [0.5, 0.6) is 0 Å². The summed E-state index contributed by atoms with van der Waals surface area (Å²) < 4.78 is 5.03. The summed E-state index contributed by atoms with van der Waals surface area (Å²) in [5, 5.41) is -0.375. The lowest BCUT2D eigenvalue weighted by Gasteiger charge is -2.28. The Balaban J connectivity index is 1.65. The summed E-state index contributed by atoms with van der Waals surface area (Å²) in [5.74, 6) is -1.21. The van der Waals surface area contributed by atoms with Crippen molar-refractivity contribution in [2.24, 2.45) is 0 Å². The molecule has 9 heteroatoms. The molecule has 136 valence electrons. The van der Waals surface area contributed by atoms with Gasteiger partial charge in [-0.1, -0.05) is 59.1 Å². The summed E-state index contributed by atoms with van der Waals surface area (Å²) in [4.78, 5) is 29.9. The first kappa shape index (κ1) is 18.8.